The van der Waals surface area contributed by atoms with Crippen molar-refractivity contribution < 1.29 is 27.2 Å². The maximum Gasteiger partial charge on any atom is 0.338 e. The van der Waals surface area contributed by atoms with Crippen LogP contribution in [-0.4, -0.2) is 24.6 Å². The summed E-state index contributed by atoms with van der Waals surface area (Å²) in [6.45, 7) is -0.163. The first kappa shape index (κ1) is 20.7. The van der Waals surface area contributed by atoms with Crippen molar-refractivity contribution in [2.24, 2.45) is 5.14 Å². The van der Waals surface area contributed by atoms with Gasteiger partial charge in [-0.1, -0.05) is 11.6 Å². The van der Waals surface area contributed by atoms with Crippen LogP contribution in [0.1, 0.15) is 5.89 Å². The van der Waals surface area contributed by atoms with E-state index in [1.54, 1.807) is 0 Å². The van der Waals surface area contributed by atoms with Crippen LogP contribution in [0.15, 0.2) is 51.8 Å². The highest BCUT2D eigenvalue weighted by molar-refractivity contribution is 7.89. The highest BCUT2D eigenvalue weighted by Gasteiger charge is 2.19. The number of primary sulfonamides is 1. The summed E-state index contributed by atoms with van der Waals surface area (Å²) in [5, 5.41) is 15.8. The molecule has 12 heteroatoms. The Morgan fingerprint density at radius 3 is 2.45 bits per heavy atom. The number of aromatic nitrogens is 1. The highest BCUT2D eigenvalue weighted by atomic mass is 35.5. The Kier molecular flexibility index (Phi) is 5.84. The van der Waals surface area contributed by atoms with Gasteiger partial charge >= 0.3 is 6.03 Å². The van der Waals surface area contributed by atoms with Gasteiger partial charge in [-0.2, -0.15) is 0 Å². The minimum Gasteiger partial charge on any atom is -0.438 e. The van der Waals surface area contributed by atoms with E-state index in [-0.39, 0.29) is 33.8 Å². The molecule has 0 aliphatic carbocycles. The number of carbonyl (C=O) groups excluding carboxylic acids is 1. The van der Waals surface area contributed by atoms with Gasteiger partial charge in [0.15, 0.2) is 5.76 Å². The number of halogens is 2. The number of hydroxylamine groups is 1. The number of urea groups is 1. The van der Waals surface area contributed by atoms with E-state index in [9.17, 15) is 17.6 Å². The van der Waals surface area contributed by atoms with Crippen LogP contribution in [0, 0.1) is 5.82 Å². The van der Waals surface area contributed by atoms with Gasteiger partial charge in [0.05, 0.1) is 16.5 Å². The van der Waals surface area contributed by atoms with Crippen molar-refractivity contribution in [2.75, 3.05) is 0 Å². The van der Waals surface area contributed by atoms with Crippen molar-refractivity contribution in [1.29, 1.82) is 0 Å². The Morgan fingerprint density at radius 2 is 1.86 bits per heavy atom. The largest absolute Gasteiger partial charge is 0.438 e. The van der Waals surface area contributed by atoms with Crippen molar-refractivity contribution in [3.63, 3.8) is 0 Å². The molecule has 29 heavy (non-hydrogen) atoms. The van der Waals surface area contributed by atoms with Crippen molar-refractivity contribution in [3.8, 4) is 22.6 Å². The fraction of sp³-hybridized carbons (Fsp3) is 0.0588. The first-order chi connectivity index (χ1) is 13.7. The van der Waals surface area contributed by atoms with Crippen LogP contribution in [0.3, 0.4) is 0 Å². The summed E-state index contributed by atoms with van der Waals surface area (Å²) in [5.41, 5.74) is 2.59. The number of oxazole rings is 1. The molecule has 0 atom stereocenters. The maximum absolute atomic E-state index is 13.5. The topological polar surface area (TPSA) is 148 Å². The average molecular weight is 441 g/mol. The molecule has 3 aromatic rings. The smallest absolute Gasteiger partial charge is 0.338 e. The highest BCUT2D eigenvalue weighted by Crippen LogP contribution is 2.34. The summed E-state index contributed by atoms with van der Waals surface area (Å²) < 4.78 is 42.1. The summed E-state index contributed by atoms with van der Waals surface area (Å²) in [6, 6.07) is 8.62. The number of rotatable bonds is 5. The molecular weight excluding hydrogens is 427 g/mol. The number of benzene rings is 2. The summed E-state index contributed by atoms with van der Waals surface area (Å²) >= 11 is 5.85. The quantitative estimate of drug-likeness (QED) is 0.354. The first-order valence-corrected chi connectivity index (χ1v) is 9.88. The Hall–Kier alpha value is -2.99. The second kappa shape index (κ2) is 8.17. The molecule has 0 aliphatic heterocycles. The van der Waals surface area contributed by atoms with Gasteiger partial charge in [-0.25, -0.2) is 33.2 Å². The van der Waals surface area contributed by atoms with Crippen LogP contribution in [0.2, 0.25) is 5.02 Å². The fourth-order valence-electron chi connectivity index (χ4n) is 2.47. The molecule has 0 saturated heterocycles. The van der Waals surface area contributed by atoms with Crippen LogP contribution in [-0.2, 0) is 16.6 Å². The number of hydrogen-bond donors (Lipinski definition) is 4. The zero-order valence-electron chi connectivity index (χ0n) is 14.5. The lowest BCUT2D eigenvalue weighted by atomic mass is 10.1. The molecule has 5 N–H and O–H groups in total. The number of sulfonamides is 1. The van der Waals surface area contributed by atoms with Crippen molar-refractivity contribution in [3.05, 3.63) is 59.2 Å². The molecule has 2 aromatic carbocycles. The molecule has 0 radical (unpaired) electrons. The molecule has 0 saturated carbocycles. The Labute approximate surface area is 169 Å². The van der Waals surface area contributed by atoms with Gasteiger partial charge in [0, 0.05) is 11.1 Å². The molecule has 0 unspecified atom stereocenters. The van der Waals surface area contributed by atoms with Gasteiger partial charge in [0.25, 0.3) is 0 Å². The van der Waals surface area contributed by atoms with E-state index in [0.29, 0.717) is 11.1 Å². The van der Waals surface area contributed by atoms with Gasteiger partial charge in [-0.15, -0.1) is 0 Å². The van der Waals surface area contributed by atoms with Gasteiger partial charge in [-0.05, 0) is 42.5 Å². The average Bonchev–Trinajstić information content (AvgIpc) is 3.12. The predicted molar refractivity (Wildman–Crippen MR) is 101 cm³/mol. The molecule has 0 fully saturated rings. The van der Waals surface area contributed by atoms with Crippen LogP contribution in [0.4, 0.5) is 9.18 Å². The van der Waals surface area contributed by atoms with Gasteiger partial charge in [0.1, 0.15) is 11.5 Å². The second-order valence-electron chi connectivity index (χ2n) is 5.78. The monoisotopic (exact) mass is 440 g/mol. The standard InChI is InChI=1S/C17H14ClFN4O5S/c18-12-7-10(3-6-13(12)19)15-16(28-14(22-15)8-21-17(24)23-25)9-1-4-11(5-2-9)29(20,26)27/h1-7,25H,8H2,(H2,20,26,27)(H2,21,23,24). The zero-order valence-corrected chi connectivity index (χ0v) is 16.1. The van der Waals surface area contributed by atoms with E-state index in [1.165, 1.54) is 41.9 Å². The third-order valence-corrected chi connectivity index (χ3v) is 5.03. The molecule has 3 rings (SSSR count). The van der Waals surface area contributed by atoms with Crippen LogP contribution in [0.25, 0.3) is 22.6 Å². The van der Waals surface area contributed by atoms with E-state index >= 15 is 0 Å². The SMILES string of the molecule is NS(=O)(=O)c1ccc(-c2oc(CNC(=O)NO)nc2-c2ccc(F)c(Cl)c2)cc1. The van der Waals surface area contributed by atoms with Gasteiger partial charge in [0.2, 0.25) is 15.9 Å². The van der Waals surface area contributed by atoms with E-state index in [1.807, 2.05) is 0 Å². The first-order valence-electron chi connectivity index (χ1n) is 7.95. The minimum absolute atomic E-state index is 0.0783. The number of amides is 2. The molecule has 9 nitrogen and oxygen atoms in total. The predicted octanol–water partition coefficient (Wildman–Crippen LogP) is 2.64. The van der Waals surface area contributed by atoms with Crippen molar-refractivity contribution in [1.82, 2.24) is 15.8 Å². The summed E-state index contributed by atoms with van der Waals surface area (Å²) in [7, 11) is -3.87. The number of nitrogens with two attached hydrogens (primary N) is 1. The number of hydrogen-bond acceptors (Lipinski definition) is 6. The second-order valence-corrected chi connectivity index (χ2v) is 7.75. The normalized spacial score (nSPS) is 11.3. The fourth-order valence-corrected chi connectivity index (χ4v) is 3.16. The van der Waals surface area contributed by atoms with E-state index in [4.69, 9.17) is 26.4 Å². The maximum atomic E-state index is 13.5. The lowest BCUT2D eigenvalue weighted by molar-refractivity contribution is 0.161. The van der Waals surface area contributed by atoms with E-state index < -0.39 is 21.9 Å². The summed E-state index contributed by atoms with van der Waals surface area (Å²) in [5.74, 6) is -0.302. The minimum atomic E-state index is -3.87. The lowest BCUT2D eigenvalue weighted by Gasteiger charge is -2.04. The van der Waals surface area contributed by atoms with E-state index in [0.717, 1.165) is 6.07 Å². The Balaban J connectivity index is 2.06. The molecule has 0 aliphatic rings. The molecule has 152 valence electrons. The summed E-state index contributed by atoms with van der Waals surface area (Å²) in [4.78, 5) is 15.4. The van der Waals surface area contributed by atoms with Crippen LogP contribution in [0.5, 0.6) is 0 Å². The molecule has 0 spiro atoms. The number of carbonyl (C=O) groups is 1. The lowest BCUT2D eigenvalue weighted by Crippen LogP contribution is -2.32. The molecule has 0 bridgehead atoms. The Morgan fingerprint density at radius 1 is 1.21 bits per heavy atom. The van der Waals surface area contributed by atoms with Crippen LogP contribution < -0.4 is 15.9 Å². The van der Waals surface area contributed by atoms with Crippen molar-refractivity contribution >= 4 is 27.7 Å². The van der Waals surface area contributed by atoms with Crippen molar-refractivity contribution in [2.45, 2.75) is 11.4 Å². The summed E-state index contributed by atoms with van der Waals surface area (Å²) in [6.07, 6.45) is 0. The number of nitrogens with one attached hydrogen (secondary N) is 2. The third-order valence-electron chi connectivity index (χ3n) is 3.81. The number of nitrogens with zero attached hydrogens (tertiary/aromatic N) is 1. The van der Waals surface area contributed by atoms with E-state index in [2.05, 4.69) is 10.3 Å². The molecule has 2 amide bonds. The Bertz CT molecular complexity index is 1170. The molecular formula is C17H14ClFN4O5S. The zero-order chi connectivity index (χ0) is 21.2. The van der Waals surface area contributed by atoms with Gasteiger partial charge < -0.3 is 9.73 Å². The van der Waals surface area contributed by atoms with Gasteiger partial charge in [-0.3, -0.25) is 5.21 Å². The third kappa shape index (κ3) is 4.71. The molecule has 1 aromatic heterocycles. The van der Waals surface area contributed by atoms with Crippen LogP contribution >= 0.6 is 11.6 Å². The molecule has 1 heterocycles.